The lowest BCUT2D eigenvalue weighted by atomic mass is 9.76. The third-order valence-electron chi connectivity index (χ3n) is 6.76. The van der Waals surface area contributed by atoms with Gasteiger partial charge in [-0.3, -0.25) is 0 Å². The van der Waals surface area contributed by atoms with Crippen LogP contribution in [0.15, 0.2) is 12.3 Å². The van der Waals surface area contributed by atoms with Gasteiger partial charge in [0.25, 0.3) is 0 Å². The molecule has 3 nitrogen and oxygen atoms in total. The standard InChI is InChI=1S/C21H31N3/c1-15-16(2)23(3)20-19(15)11-12-22-21(20)24-13-7-10-18(14-24)17-8-5-4-6-9-17/h11-12,17-18H,4-10,13-14H2,1-3H3. The molecule has 0 aromatic carbocycles. The van der Waals surface area contributed by atoms with Crippen LogP contribution in [-0.4, -0.2) is 22.6 Å². The molecule has 1 unspecified atom stereocenters. The van der Waals surface area contributed by atoms with Gasteiger partial charge in [-0.05, 0) is 50.2 Å². The van der Waals surface area contributed by atoms with E-state index in [9.17, 15) is 0 Å². The van der Waals surface area contributed by atoms with Gasteiger partial charge in [-0.2, -0.15) is 0 Å². The normalized spacial score (nSPS) is 23.1. The smallest absolute Gasteiger partial charge is 0.153 e. The molecular weight excluding hydrogens is 294 g/mol. The molecule has 3 heteroatoms. The molecule has 0 spiro atoms. The zero-order valence-electron chi connectivity index (χ0n) is 15.5. The first-order valence-electron chi connectivity index (χ1n) is 9.82. The van der Waals surface area contributed by atoms with E-state index >= 15 is 0 Å². The Morgan fingerprint density at radius 1 is 1.00 bits per heavy atom. The lowest BCUT2D eigenvalue weighted by molar-refractivity contribution is 0.220. The summed E-state index contributed by atoms with van der Waals surface area (Å²) in [4.78, 5) is 7.42. The molecule has 0 radical (unpaired) electrons. The summed E-state index contributed by atoms with van der Waals surface area (Å²) in [7, 11) is 2.19. The molecular formula is C21H31N3. The second-order valence-electron chi connectivity index (χ2n) is 8.05. The summed E-state index contributed by atoms with van der Waals surface area (Å²) in [5, 5.41) is 1.37. The molecule has 2 aromatic heterocycles. The second-order valence-corrected chi connectivity index (χ2v) is 8.05. The first-order valence-corrected chi connectivity index (χ1v) is 9.82. The lowest BCUT2D eigenvalue weighted by Gasteiger charge is -2.39. The molecule has 4 rings (SSSR count). The quantitative estimate of drug-likeness (QED) is 0.776. The SMILES string of the molecule is Cc1c(C)n(C)c2c(N3CCCC(C4CCCCC4)C3)nccc12. The number of nitrogens with zero attached hydrogens (tertiary/aromatic N) is 3. The fraction of sp³-hybridized carbons (Fsp3) is 0.667. The van der Waals surface area contributed by atoms with Crippen LogP contribution in [-0.2, 0) is 7.05 Å². The maximum absolute atomic E-state index is 4.83. The van der Waals surface area contributed by atoms with Crippen LogP contribution in [0.4, 0.5) is 5.82 Å². The van der Waals surface area contributed by atoms with E-state index in [1.807, 2.05) is 6.20 Å². The largest absolute Gasteiger partial charge is 0.355 e. The lowest BCUT2D eigenvalue weighted by Crippen LogP contribution is -2.39. The summed E-state index contributed by atoms with van der Waals surface area (Å²) in [5.41, 5.74) is 4.09. The van der Waals surface area contributed by atoms with Crippen molar-refractivity contribution in [1.29, 1.82) is 0 Å². The third-order valence-corrected chi connectivity index (χ3v) is 6.76. The van der Waals surface area contributed by atoms with Gasteiger partial charge in [0.1, 0.15) is 0 Å². The summed E-state index contributed by atoms with van der Waals surface area (Å²) in [6, 6.07) is 2.18. The van der Waals surface area contributed by atoms with Gasteiger partial charge in [-0.15, -0.1) is 0 Å². The molecule has 2 fully saturated rings. The van der Waals surface area contributed by atoms with E-state index in [-0.39, 0.29) is 0 Å². The number of fused-ring (bicyclic) bond motifs is 1. The molecule has 1 atom stereocenters. The summed E-state index contributed by atoms with van der Waals surface area (Å²) in [5.74, 6) is 3.04. The first-order chi connectivity index (χ1) is 11.7. The van der Waals surface area contributed by atoms with Gasteiger partial charge in [0, 0.05) is 37.4 Å². The van der Waals surface area contributed by atoms with E-state index in [4.69, 9.17) is 4.98 Å². The van der Waals surface area contributed by atoms with E-state index in [1.165, 1.54) is 86.0 Å². The van der Waals surface area contributed by atoms with Crippen molar-refractivity contribution in [3.63, 3.8) is 0 Å². The Labute approximate surface area is 146 Å². The number of hydrogen-bond acceptors (Lipinski definition) is 2. The molecule has 3 heterocycles. The molecule has 2 aliphatic rings. The maximum Gasteiger partial charge on any atom is 0.153 e. The van der Waals surface area contributed by atoms with Gasteiger partial charge < -0.3 is 9.47 Å². The van der Waals surface area contributed by atoms with Crippen LogP contribution in [0.1, 0.15) is 56.2 Å². The molecule has 24 heavy (non-hydrogen) atoms. The number of aryl methyl sites for hydroxylation is 2. The molecule has 1 saturated carbocycles. The van der Waals surface area contributed by atoms with Crippen LogP contribution in [0.3, 0.4) is 0 Å². The first kappa shape index (κ1) is 16.0. The highest BCUT2D eigenvalue weighted by Gasteiger charge is 2.30. The average molecular weight is 326 g/mol. The van der Waals surface area contributed by atoms with Crippen LogP contribution < -0.4 is 4.90 Å². The number of pyridine rings is 1. The monoisotopic (exact) mass is 325 g/mol. The molecule has 1 aliphatic carbocycles. The number of hydrogen-bond donors (Lipinski definition) is 0. The number of piperidine rings is 1. The molecule has 1 aliphatic heterocycles. The van der Waals surface area contributed by atoms with Gasteiger partial charge in [-0.1, -0.05) is 32.1 Å². The van der Waals surface area contributed by atoms with Crippen LogP contribution >= 0.6 is 0 Å². The highest BCUT2D eigenvalue weighted by atomic mass is 15.2. The number of rotatable bonds is 2. The zero-order valence-corrected chi connectivity index (χ0v) is 15.5. The molecule has 0 N–H and O–H groups in total. The third kappa shape index (κ3) is 2.62. The van der Waals surface area contributed by atoms with Crippen molar-refractivity contribution >= 4 is 16.7 Å². The van der Waals surface area contributed by atoms with Gasteiger partial charge in [0.15, 0.2) is 5.82 Å². The maximum atomic E-state index is 4.83. The molecule has 130 valence electrons. The highest BCUT2D eigenvalue weighted by Crippen LogP contribution is 2.37. The van der Waals surface area contributed by atoms with Crippen molar-refractivity contribution in [2.75, 3.05) is 18.0 Å². The Kier molecular flexibility index (Phi) is 4.28. The molecule has 1 saturated heterocycles. The van der Waals surface area contributed by atoms with E-state index in [2.05, 4.69) is 36.4 Å². The Bertz CT molecular complexity index is 724. The van der Waals surface area contributed by atoms with Crippen LogP contribution in [0, 0.1) is 25.7 Å². The average Bonchev–Trinajstić information content (AvgIpc) is 2.87. The van der Waals surface area contributed by atoms with Crippen molar-refractivity contribution in [1.82, 2.24) is 9.55 Å². The van der Waals surface area contributed by atoms with E-state index in [0.29, 0.717) is 0 Å². The van der Waals surface area contributed by atoms with Crippen molar-refractivity contribution in [3.05, 3.63) is 23.5 Å². The van der Waals surface area contributed by atoms with Gasteiger partial charge in [0.05, 0.1) is 5.52 Å². The Balaban J connectivity index is 1.66. The van der Waals surface area contributed by atoms with Crippen molar-refractivity contribution in [3.8, 4) is 0 Å². The van der Waals surface area contributed by atoms with Gasteiger partial charge in [0.2, 0.25) is 0 Å². The summed E-state index contributed by atoms with van der Waals surface area (Å²) in [6.45, 7) is 6.83. The zero-order chi connectivity index (χ0) is 16.7. The second kappa shape index (κ2) is 6.42. The van der Waals surface area contributed by atoms with Crippen molar-refractivity contribution in [2.45, 2.75) is 58.8 Å². The summed E-state index contributed by atoms with van der Waals surface area (Å²) < 4.78 is 2.34. The fourth-order valence-corrected chi connectivity index (χ4v) is 5.11. The Hall–Kier alpha value is -1.51. The van der Waals surface area contributed by atoms with Crippen molar-refractivity contribution < 1.29 is 0 Å². The predicted molar refractivity (Wildman–Crippen MR) is 102 cm³/mol. The molecule has 2 aromatic rings. The van der Waals surface area contributed by atoms with Crippen LogP contribution in [0.25, 0.3) is 10.9 Å². The predicted octanol–water partition coefficient (Wildman–Crippen LogP) is 4.99. The minimum atomic E-state index is 0.874. The summed E-state index contributed by atoms with van der Waals surface area (Å²) >= 11 is 0. The molecule has 0 bridgehead atoms. The van der Waals surface area contributed by atoms with E-state index < -0.39 is 0 Å². The number of aromatic nitrogens is 2. The minimum Gasteiger partial charge on any atom is -0.355 e. The topological polar surface area (TPSA) is 21.1 Å². The molecule has 0 amide bonds. The minimum absolute atomic E-state index is 0.874. The highest BCUT2D eigenvalue weighted by molar-refractivity contribution is 5.93. The van der Waals surface area contributed by atoms with E-state index in [0.717, 1.165) is 11.8 Å². The van der Waals surface area contributed by atoms with Crippen molar-refractivity contribution in [2.24, 2.45) is 18.9 Å². The van der Waals surface area contributed by atoms with Gasteiger partial charge in [-0.25, -0.2) is 4.98 Å². The summed E-state index contributed by atoms with van der Waals surface area (Å²) in [6.07, 6.45) is 12.0. The fourth-order valence-electron chi connectivity index (χ4n) is 5.11. The van der Waals surface area contributed by atoms with Crippen LogP contribution in [0.2, 0.25) is 0 Å². The van der Waals surface area contributed by atoms with E-state index in [1.54, 1.807) is 0 Å². The Morgan fingerprint density at radius 3 is 2.54 bits per heavy atom. The van der Waals surface area contributed by atoms with Gasteiger partial charge >= 0.3 is 0 Å². The number of anilines is 1. The van der Waals surface area contributed by atoms with Crippen LogP contribution in [0.5, 0.6) is 0 Å². The Morgan fingerprint density at radius 2 is 1.75 bits per heavy atom.